The van der Waals surface area contributed by atoms with Gasteiger partial charge in [0.1, 0.15) is 18.1 Å². The van der Waals surface area contributed by atoms with E-state index in [1.54, 1.807) is 13.0 Å². The number of carbonyl (C=O) groups excluding carboxylic acids is 1. The molecule has 4 rings (SSSR count). The van der Waals surface area contributed by atoms with E-state index in [-0.39, 0.29) is 29.5 Å². The number of nitrogens with zero attached hydrogens (tertiary/aromatic N) is 1. The molecule has 1 aromatic heterocycles. The van der Waals surface area contributed by atoms with Gasteiger partial charge in [0.2, 0.25) is 5.91 Å². The van der Waals surface area contributed by atoms with Crippen LogP contribution in [0.15, 0.2) is 72.9 Å². The van der Waals surface area contributed by atoms with Crippen LogP contribution in [0.25, 0.3) is 0 Å². The normalized spacial score (nSPS) is 18.1. The first kappa shape index (κ1) is 23.6. The van der Waals surface area contributed by atoms with Gasteiger partial charge < -0.3 is 14.8 Å². The van der Waals surface area contributed by atoms with E-state index in [9.17, 15) is 18.0 Å². The van der Waals surface area contributed by atoms with E-state index in [4.69, 9.17) is 4.74 Å². The van der Waals surface area contributed by atoms with Gasteiger partial charge in [-0.1, -0.05) is 42.5 Å². The zero-order chi connectivity index (χ0) is 24.1. The fourth-order valence-corrected chi connectivity index (χ4v) is 3.72. The molecule has 178 valence electrons. The number of benzene rings is 2. The van der Waals surface area contributed by atoms with Crippen molar-refractivity contribution < 1.29 is 27.4 Å². The molecule has 1 aliphatic rings. The quantitative estimate of drug-likeness (QED) is 0.443. The van der Waals surface area contributed by atoms with Gasteiger partial charge >= 0.3 is 6.18 Å². The van der Waals surface area contributed by atoms with Gasteiger partial charge in [0.15, 0.2) is 6.61 Å². The number of aromatic nitrogens is 1. The van der Waals surface area contributed by atoms with Crippen LogP contribution in [0.1, 0.15) is 42.1 Å². The lowest BCUT2D eigenvalue weighted by Crippen LogP contribution is -2.29. The van der Waals surface area contributed by atoms with Crippen molar-refractivity contribution in [3.05, 3.63) is 89.7 Å². The molecule has 1 fully saturated rings. The van der Waals surface area contributed by atoms with E-state index in [0.717, 1.165) is 23.3 Å². The fourth-order valence-electron chi connectivity index (χ4n) is 3.72. The van der Waals surface area contributed by atoms with Crippen molar-refractivity contribution in [3.63, 3.8) is 0 Å². The van der Waals surface area contributed by atoms with E-state index in [2.05, 4.69) is 15.0 Å². The summed E-state index contributed by atoms with van der Waals surface area (Å²) in [6, 6.07) is 20.3. The number of carbonyl (C=O) groups is 1. The number of ether oxygens (including phenoxy) is 2. The summed E-state index contributed by atoms with van der Waals surface area (Å²) in [6.45, 7) is 0.886. The molecule has 3 aromatic rings. The Morgan fingerprint density at radius 3 is 2.56 bits per heavy atom. The summed E-state index contributed by atoms with van der Waals surface area (Å²) in [5.74, 6) is 0.695. The minimum atomic E-state index is -4.41. The molecule has 0 spiro atoms. The highest BCUT2D eigenvalue weighted by Crippen LogP contribution is 2.48. The molecule has 5 nitrogen and oxygen atoms in total. The summed E-state index contributed by atoms with van der Waals surface area (Å²) in [6.07, 6.45) is -2.43. The third-order valence-electron chi connectivity index (χ3n) is 5.63. The van der Waals surface area contributed by atoms with Gasteiger partial charge in [0.25, 0.3) is 0 Å². The van der Waals surface area contributed by atoms with E-state index < -0.39 is 12.8 Å². The van der Waals surface area contributed by atoms with Crippen LogP contribution in [-0.2, 0) is 11.4 Å². The molecule has 0 bridgehead atoms. The second-order valence-electron chi connectivity index (χ2n) is 8.35. The molecule has 1 aliphatic carbocycles. The van der Waals surface area contributed by atoms with Crippen LogP contribution in [0, 0.1) is 5.92 Å². The Kier molecular flexibility index (Phi) is 7.05. The van der Waals surface area contributed by atoms with Crippen molar-refractivity contribution in [1.29, 1.82) is 0 Å². The SMILES string of the molecule is C[C@H](NC(=O)[C@H]1CC1c1cccc(OCc2ccccc2)c1)c1ccc(OCC(F)(F)F)cn1. The maximum Gasteiger partial charge on any atom is 0.422 e. The Labute approximate surface area is 195 Å². The van der Waals surface area contributed by atoms with Crippen molar-refractivity contribution in [2.75, 3.05) is 6.61 Å². The second-order valence-corrected chi connectivity index (χ2v) is 8.35. The molecule has 1 unspecified atom stereocenters. The molecule has 34 heavy (non-hydrogen) atoms. The van der Waals surface area contributed by atoms with Crippen molar-refractivity contribution in [3.8, 4) is 11.5 Å². The predicted molar refractivity (Wildman–Crippen MR) is 120 cm³/mol. The number of nitrogens with one attached hydrogen (secondary N) is 1. The average molecular weight is 470 g/mol. The summed E-state index contributed by atoms with van der Waals surface area (Å²) in [7, 11) is 0. The van der Waals surface area contributed by atoms with Crippen LogP contribution < -0.4 is 14.8 Å². The molecule has 2 aromatic carbocycles. The molecule has 1 N–H and O–H groups in total. The lowest BCUT2D eigenvalue weighted by atomic mass is 10.1. The van der Waals surface area contributed by atoms with E-state index in [0.29, 0.717) is 12.3 Å². The monoisotopic (exact) mass is 470 g/mol. The molecule has 1 amide bonds. The third kappa shape index (κ3) is 6.50. The number of alkyl halides is 3. The molecule has 0 saturated heterocycles. The average Bonchev–Trinajstić information content (AvgIpc) is 3.63. The van der Waals surface area contributed by atoms with Gasteiger partial charge in [-0.05, 0) is 54.7 Å². The zero-order valence-electron chi connectivity index (χ0n) is 18.6. The van der Waals surface area contributed by atoms with Crippen LogP contribution in [0.2, 0.25) is 0 Å². The first-order valence-corrected chi connectivity index (χ1v) is 11.0. The fraction of sp³-hybridized carbons (Fsp3) is 0.308. The summed E-state index contributed by atoms with van der Waals surface area (Å²) in [5.41, 5.74) is 2.68. The summed E-state index contributed by atoms with van der Waals surface area (Å²) in [4.78, 5) is 16.9. The Morgan fingerprint density at radius 1 is 1.06 bits per heavy atom. The minimum absolute atomic E-state index is 0.0243. The van der Waals surface area contributed by atoms with Gasteiger partial charge in [0, 0.05) is 5.92 Å². The highest BCUT2D eigenvalue weighted by Gasteiger charge is 2.44. The summed E-state index contributed by atoms with van der Waals surface area (Å²) >= 11 is 0. The van der Waals surface area contributed by atoms with Gasteiger partial charge in [-0.3, -0.25) is 9.78 Å². The molecule has 1 saturated carbocycles. The number of halogens is 3. The minimum Gasteiger partial charge on any atom is -0.489 e. The first-order valence-electron chi connectivity index (χ1n) is 11.0. The Hall–Kier alpha value is -3.55. The van der Waals surface area contributed by atoms with Crippen molar-refractivity contribution in [2.24, 2.45) is 5.92 Å². The highest BCUT2D eigenvalue weighted by atomic mass is 19.4. The maximum absolute atomic E-state index is 12.7. The molecular formula is C26H25F3N2O3. The molecule has 8 heteroatoms. The van der Waals surface area contributed by atoms with E-state index in [1.807, 2.05) is 54.6 Å². The number of hydrogen-bond acceptors (Lipinski definition) is 4. The zero-order valence-corrected chi connectivity index (χ0v) is 18.6. The summed E-state index contributed by atoms with van der Waals surface area (Å²) < 4.78 is 47.3. The standard InChI is InChI=1S/C26H25F3N2O3/c1-17(24-11-10-21(14-30-24)34-16-26(27,28)29)31-25(32)23-13-22(23)19-8-5-9-20(12-19)33-15-18-6-3-2-4-7-18/h2-12,14,17,22-23H,13,15-16H2,1H3,(H,31,32)/t17-,22?,23-/m0/s1. The predicted octanol–water partition coefficient (Wildman–Crippen LogP) is 5.58. The van der Waals surface area contributed by atoms with Crippen LogP contribution in [0.4, 0.5) is 13.2 Å². The van der Waals surface area contributed by atoms with Crippen molar-refractivity contribution in [2.45, 2.75) is 38.1 Å². The molecule has 0 radical (unpaired) electrons. The maximum atomic E-state index is 12.7. The van der Waals surface area contributed by atoms with Crippen LogP contribution in [0.5, 0.6) is 11.5 Å². The third-order valence-corrected chi connectivity index (χ3v) is 5.63. The number of hydrogen-bond donors (Lipinski definition) is 1. The second kappa shape index (κ2) is 10.2. The highest BCUT2D eigenvalue weighted by molar-refractivity contribution is 5.83. The molecule has 3 atom stereocenters. The number of pyridine rings is 1. The topological polar surface area (TPSA) is 60.5 Å². The van der Waals surface area contributed by atoms with Crippen LogP contribution >= 0.6 is 0 Å². The van der Waals surface area contributed by atoms with E-state index >= 15 is 0 Å². The van der Waals surface area contributed by atoms with Crippen LogP contribution in [0.3, 0.4) is 0 Å². The lowest BCUT2D eigenvalue weighted by molar-refractivity contribution is -0.153. The largest absolute Gasteiger partial charge is 0.489 e. The molecule has 1 heterocycles. The Morgan fingerprint density at radius 2 is 1.85 bits per heavy atom. The smallest absolute Gasteiger partial charge is 0.422 e. The lowest BCUT2D eigenvalue weighted by Gasteiger charge is -2.15. The van der Waals surface area contributed by atoms with Crippen molar-refractivity contribution in [1.82, 2.24) is 10.3 Å². The van der Waals surface area contributed by atoms with Gasteiger partial charge in [-0.15, -0.1) is 0 Å². The van der Waals surface area contributed by atoms with Gasteiger partial charge in [-0.25, -0.2) is 0 Å². The Balaban J connectivity index is 1.28. The number of rotatable bonds is 9. The van der Waals surface area contributed by atoms with Crippen molar-refractivity contribution >= 4 is 5.91 Å². The first-order chi connectivity index (χ1) is 16.3. The number of amides is 1. The Bertz CT molecular complexity index is 1100. The molecular weight excluding hydrogens is 445 g/mol. The van der Waals surface area contributed by atoms with Crippen LogP contribution in [-0.4, -0.2) is 23.7 Å². The van der Waals surface area contributed by atoms with E-state index in [1.165, 1.54) is 12.3 Å². The van der Waals surface area contributed by atoms with Gasteiger partial charge in [-0.2, -0.15) is 13.2 Å². The molecule has 0 aliphatic heterocycles. The van der Waals surface area contributed by atoms with Gasteiger partial charge in [0.05, 0.1) is 17.9 Å². The summed E-state index contributed by atoms with van der Waals surface area (Å²) in [5, 5.41) is 2.94.